The number of rotatable bonds is 5. The van der Waals surface area contributed by atoms with Gasteiger partial charge >= 0.3 is 0 Å². The molecule has 15 heavy (non-hydrogen) atoms. The number of hydrogen-bond donors (Lipinski definition) is 3. The van der Waals surface area contributed by atoms with E-state index in [0.29, 0.717) is 12.1 Å². The fourth-order valence-corrected chi connectivity index (χ4v) is 2.12. The van der Waals surface area contributed by atoms with E-state index < -0.39 is 10.0 Å². The summed E-state index contributed by atoms with van der Waals surface area (Å²) < 4.78 is 25.4. The van der Waals surface area contributed by atoms with Crippen LogP contribution in [0.5, 0.6) is 0 Å². The summed E-state index contributed by atoms with van der Waals surface area (Å²) in [6.07, 6.45) is 0. The van der Waals surface area contributed by atoms with Crippen molar-refractivity contribution in [2.24, 2.45) is 0 Å². The number of aromatic nitrogens is 2. The summed E-state index contributed by atoms with van der Waals surface area (Å²) in [6, 6.07) is 0. The van der Waals surface area contributed by atoms with Crippen LogP contribution in [0.1, 0.15) is 18.2 Å². The lowest BCUT2D eigenvalue weighted by Gasteiger charge is -2.04. The Bertz CT molecular complexity index is 424. The summed E-state index contributed by atoms with van der Waals surface area (Å²) in [5.74, 6) is 0. The Morgan fingerprint density at radius 1 is 1.47 bits per heavy atom. The standard InChI is InChI=1S/C8H16N4O2S/c1-4-10-5-7-6(2)11-12-8(7)15(13,14)9-3/h9-10H,4-5H2,1-3H3,(H,11,12). The second-order valence-electron chi connectivity index (χ2n) is 3.12. The third-order valence-corrected chi connectivity index (χ3v) is 3.50. The van der Waals surface area contributed by atoms with E-state index in [1.807, 2.05) is 6.92 Å². The lowest BCUT2D eigenvalue weighted by molar-refractivity contribution is 0.581. The van der Waals surface area contributed by atoms with E-state index in [-0.39, 0.29) is 5.03 Å². The molecule has 0 aromatic carbocycles. The van der Waals surface area contributed by atoms with Gasteiger partial charge in [0.25, 0.3) is 10.0 Å². The van der Waals surface area contributed by atoms with Crippen molar-refractivity contribution >= 4 is 10.0 Å². The molecule has 6 nitrogen and oxygen atoms in total. The van der Waals surface area contributed by atoms with Crippen molar-refractivity contribution in [2.45, 2.75) is 25.4 Å². The minimum Gasteiger partial charge on any atom is -0.313 e. The Hall–Kier alpha value is -0.920. The summed E-state index contributed by atoms with van der Waals surface area (Å²) in [4.78, 5) is 0. The van der Waals surface area contributed by atoms with Gasteiger partial charge in [-0.3, -0.25) is 5.10 Å². The number of aryl methyl sites for hydroxylation is 1. The summed E-state index contributed by atoms with van der Waals surface area (Å²) in [5.41, 5.74) is 1.45. The molecule has 0 atom stereocenters. The Labute approximate surface area is 89.5 Å². The molecular formula is C8H16N4O2S. The Morgan fingerprint density at radius 3 is 2.67 bits per heavy atom. The number of aromatic amines is 1. The molecule has 1 aromatic rings. The molecule has 0 aliphatic carbocycles. The lowest BCUT2D eigenvalue weighted by atomic mass is 10.2. The van der Waals surface area contributed by atoms with Crippen molar-refractivity contribution in [1.29, 1.82) is 0 Å². The lowest BCUT2D eigenvalue weighted by Crippen LogP contribution is -2.22. The van der Waals surface area contributed by atoms with Crippen LogP contribution in [-0.2, 0) is 16.6 Å². The van der Waals surface area contributed by atoms with Crippen molar-refractivity contribution < 1.29 is 8.42 Å². The molecule has 0 fully saturated rings. The van der Waals surface area contributed by atoms with Gasteiger partial charge in [-0.1, -0.05) is 6.92 Å². The predicted octanol–water partition coefficient (Wildman–Crippen LogP) is -0.264. The van der Waals surface area contributed by atoms with Crippen molar-refractivity contribution in [1.82, 2.24) is 20.2 Å². The van der Waals surface area contributed by atoms with Crippen LogP contribution >= 0.6 is 0 Å². The highest BCUT2D eigenvalue weighted by atomic mass is 32.2. The van der Waals surface area contributed by atoms with Crippen LogP contribution in [0.4, 0.5) is 0 Å². The first-order chi connectivity index (χ1) is 7.03. The van der Waals surface area contributed by atoms with E-state index in [1.54, 1.807) is 6.92 Å². The van der Waals surface area contributed by atoms with Gasteiger partial charge in [-0.15, -0.1) is 0 Å². The quantitative estimate of drug-likeness (QED) is 0.652. The van der Waals surface area contributed by atoms with Gasteiger partial charge in [0, 0.05) is 17.8 Å². The van der Waals surface area contributed by atoms with Gasteiger partial charge in [0.2, 0.25) is 0 Å². The minimum absolute atomic E-state index is 0.0726. The van der Waals surface area contributed by atoms with Crippen LogP contribution in [0.3, 0.4) is 0 Å². The predicted molar refractivity (Wildman–Crippen MR) is 57.0 cm³/mol. The third kappa shape index (κ3) is 2.55. The number of hydrogen-bond acceptors (Lipinski definition) is 4. The molecule has 0 amide bonds. The average molecular weight is 232 g/mol. The molecule has 7 heteroatoms. The molecule has 1 rings (SSSR count). The van der Waals surface area contributed by atoms with E-state index >= 15 is 0 Å². The number of nitrogens with zero attached hydrogens (tertiary/aromatic N) is 1. The molecule has 0 radical (unpaired) electrons. The topological polar surface area (TPSA) is 86.9 Å². The van der Waals surface area contributed by atoms with Crippen LogP contribution in [0.25, 0.3) is 0 Å². The van der Waals surface area contributed by atoms with Gasteiger partial charge < -0.3 is 5.32 Å². The van der Waals surface area contributed by atoms with E-state index in [0.717, 1.165) is 12.2 Å². The molecule has 0 aliphatic heterocycles. The maximum Gasteiger partial charge on any atom is 0.259 e. The van der Waals surface area contributed by atoms with E-state index in [2.05, 4.69) is 20.2 Å². The summed E-state index contributed by atoms with van der Waals surface area (Å²) >= 11 is 0. The third-order valence-electron chi connectivity index (χ3n) is 2.11. The van der Waals surface area contributed by atoms with Gasteiger partial charge in [0.15, 0.2) is 5.03 Å². The first kappa shape index (κ1) is 12.2. The molecule has 0 aliphatic rings. The Balaban J connectivity index is 3.09. The molecule has 86 valence electrons. The average Bonchev–Trinajstić information content (AvgIpc) is 2.57. The minimum atomic E-state index is -3.47. The Morgan fingerprint density at radius 2 is 2.13 bits per heavy atom. The van der Waals surface area contributed by atoms with Gasteiger partial charge in [-0.05, 0) is 20.5 Å². The van der Waals surface area contributed by atoms with Gasteiger partial charge in [0.05, 0.1) is 0 Å². The SMILES string of the molecule is CCNCc1c(S(=O)(=O)NC)n[nH]c1C. The van der Waals surface area contributed by atoms with Crippen LogP contribution in [-0.4, -0.2) is 32.2 Å². The molecule has 0 unspecified atom stereocenters. The smallest absolute Gasteiger partial charge is 0.259 e. The molecule has 3 N–H and O–H groups in total. The molecule has 0 saturated heterocycles. The largest absolute Gasteiger partial charge is 0.313 e. The van der Waals surface area contributed by atoms with Crippen LogP contribution in [0, 0.1) is 6.92 Å². The zero-order valence-corrected chi connectivity index (χ0v) is 9.90. The first-order valence-electron chi connectivity index (χ1n) is 4.71. The van der Waals surface area contributed by atoms with Gasteiger partial charge in [-0.2, -0.15) is 5.10 Å². The second-order valence-corrected chi connectivity index (χ2v) is 4.92. The highest BCUT2D eigenvalue weighted by Crippen LogP contribution is 2.15. The fraction of sp³-hybridized carbons (Fsp3) is 0.625. The summed E-state index contributed by atoms with van der Waals surface area (Å²) in [7, 11) is -2.10. The van der Waals surface area contributed by atoms with Crippen molar-refractivity contribution in [3.8, 4) is 0 Å². The maximum atomic E-state index is 11.6. The summed E-state index contributed by atoms with van der Waals surface area (Å²) in [6.45, 7) is 5.04. The molecule has 0 bridgehead atoms. The fourth-order valence-electron chi connectivity index (χ4n) is 1.21. The van der Waals surface area contributed by atoms with Crippen LogP contribution in [0.2, 0.25) is 0 Å². The normalized spacial score (nSPS) is 11.9. The second kappa shape index (κ2) is 4.73. The van der Waals surface area contributed by atoms with Crippen LogP contribution < -0.4 is 10.0 Å². The highest BCUT2D eigenvalue weighted by Gasteiger charge is 2.21. The van der Waals surface area contributed by atoms with E-state index in [4.69, 9.17) is 0 Å². The molecule has 1 aromatic heterocycles. The highest BCUT2D eigenvalue weighted by molar-refractivity contribution is 7.89. The van der Waals surface area contributed by atoms with E-state index in [9.17, 15) is 8.42 Å². The van der Waals surface area contributed by atoms with Crippen molar-refractivity contribution in [3.63, 3.8) is 0 Å². The van der Waals surface area contributed by atoms with Gasteiger partial charge in [-0.25, -0.2) is 13.1 Å². The monoisotopic (exact) mass is 232 g/mol. The van der Waals surface area contributed by atoms with Crippen molar-refractivity contribution in [3.05, 3.63) is 11.3 Å². The van der Waals surface area contributed by atoms with Gasteiger partial charge in [0.1, 0.15) is 0 Å². The number of sulfonamides is 1. The molecule has 1 heterocycles. The zero-order chi connectivity index (χ0) is 11.5. The van der Waals surface area contributed by atoms with Crippen molar-refractivity contribution in [2.75, 3.05) is 13.6 Å². The van der Waals surface area contributed by atoms with Crippen LogP contribution in [0.15, 0.2) is 5.03 Å². The van der Waals surface area contributed by atoms with E-state index in [1.165, 1.54) is 7.05 Å². The number of H-pyrrole nitrogens is 1. The maximum absolute atomic E-state index is 11.6. The molecule has 0 spiro atoms. The summed E-state index contributed by atoms with van der Waals surface area (Å²) in [5, 5.41) is 9.62. The Kier molecular flexibility index (Phi) is 3.83. The first-order valence-corrected chi connectivity index (χ1v) is 6.19. The molecule has 0 saturated carbocycles. The molecular weight excluding hydrogens is 216 g/mol. The zero-order valence-electron chi connectivity index (χ0n) is 9.09. The number of nitrogens with one attached hydrogen (secondary N) is 3.